The van der Waals surface area contributed by atoms with Crippen molar-refractivity contribution in [2.75, 3.05) is 13.1 Å². The highest BCUT2D eigenvalue weighted by molar-refractivity contribution is 9.10. The highest BCUT2D eigenvalue weighted by atomic mass is 79.9. The van der Waals surface area contributed by atoms with Crippen molar-refractivity contribution in [2.45, 2.75) is 31.8 Å². The number of piperidine rings is 1. The van der Waals surface area contributed by atoms with Crippen LogP contribution in [0.2, 0.25) is 0 Å². The van der Waals surface area contributed by atoms with Gasteiger partial charge in [0.1, 0.15) is 11.6 Å². The van der Waals surface area contributed by atoms with Gasteiger partial charge in [0.25, 0.3) is 0 Å². The summed E-state index contributed by atoms with van der Waals surface area (Å²) in [5, 5.41) is 13.9. The second-order valence-corrected chi connectivity index (χ2v) is 6.02. The van der Waals surface area contributed by atoms with Crippen LogP contribution in [0.5, 0.6) is 0 Å². The molecule has 1 aromatic carbocycles. The predicted molar refractivity (Wildman–Crippen MR) is 74.0 cm³/mol. The highest BCUT2D eigenvalue weighted by Crippen LogP contribution is 2.33. The van der Waals surface area contributed by atoms with Crippen LogP contribution in [0.3, 0.4) is 0 Å². The minimum atomic E-state index is -1.04. The maximum Gasteiger partial charge on any atom is 0.143 e. The molecule has 2 nitrogen and oxygen atoms in total. The lowest BCUT2D eigenvalue weighted by Crippen LogP contribution is -2.51. The van der Waals surface area contributed by atoms with E-state index in [0.717, 1.165) is 6.42 Å². The van der Waals surface area contributed by atoms with Crippen LogP contribution in [0, 0.1) is 17.6 Å². The van der Waals surface area contributed by atoms with E-state index in [0.29, 0.717) is 19.5 Å². The Morgan fingerprint density at radius 1 is 1.47 bits per heavy atom. The Bertz CT molecular complexity index is 469. The van der Waals surface area contributed by atoms with Gasteiger partial charge in [-0.15, -0.1) is 0 Å². The molecule has 1 heterocycles. The zero-order valence-electron chi connectivity index (χ0n) is 10.8. The lowest BCUT2D eigenvalue weighted by molar-refractivity contribution is -0.0425. The van der Waals surface area contributed by atoms with Crippen molar-refractivity contribution < 1.29 is 13.9 Å². The van der Waals surface area contributed by atoms with Gasteiger partial charge in [0.05, 0.1) is 10.1 Å². The molecule has 2 atom stereocenters. The molecule has 0 amide bonds. The van der Waals surface area contributed by atoms with Crippen LogP contribution in [0.25, 0.3) is 0 Å². The molecule has 2 rings (SSSR count). The lowest BCUT2D eigenvalue weighted by Gasteiger charge is -2.40. The zero-order valence-corrected chi connectivity index (χ0v) is 12.4. The molecule has 0 radical (unpaired) electrons. The summed E-state index contributed by atoms with van der Waals surface area (Å²) in [6.45, 7) is 3.34. The van der Waals surface area contributed by atoms with Gasteiger partial charge in [-0.2, -0.15) is 0 Å². The Labute approximate surface area is 120 Å². The topological polar surface area (TPSA) is 32.3 Å². The standard InChI is InChI=1S/C14H18BrF2NO/c1-2-9-8-18-6-5-14(9,19)7-10-12(16)4-3-11(15)13(10)17/h3-4,9,18-19H,2,5-8H2,1H3. The number of aliphatic hydroxyl groups is 1. The predicted octanol–water partition coefficient (Wildman–Crippen LogP) is 3.02. The normalized spacial score (nSPS) is 27.5. The average molecular weight is 334 g/mol. The molecule has 0 bridgehead atoms. The molecular weight excluding hydrogens is 316 g/mol. The lowest BCUT2D eigenvalue weighted by atomic mass is 9.76. The fourth-order valence-corrected chi connectivity index (χ4v) is 3.14. The first-order chi connectivity index (χ1) is 8.98. The minimum Gasteiger partial charge on any atom is -0.389 e. The van der Waals surface area contributed by atoms with Crippen molar-refractivity contribution in [3.05, 3.63) is 33.8 Å². The fourth-order valence-electron chi connectivity index (χ4n) is 2.77. The molecule has 106 valence electrons. The Hall–Kier alpha value is -0.520. The number of halogens is 3. The first kappa shape index (κ1) is 14.9. The molecule has 1 aromatic rings. The third kappa shape index (κ3) is 2.98. The summed E-state index contributed by atoms with van der Waals surface area (Å²) < 4.78 is 28.0. The second kappa shape index (κ2) is 5.85. The molecule has 0 aliphatic carbocycles. The van der Waals surface area contributed by atoms with Gasteiger partial charge in [-0.3, -0.25) is 0 Å². The third-order valence-corrected chi connectivity index (χ3v) is 4.61. The maximum absolute atomic E-state index is 14.0. The van der Waals surface area contributed by atoms with E-state index in [2.05, 4.69) is 21.2 Å². The Kier molecular flexibility index (Phi) is 4.58. The van der Waals surface area contributed by atoms with Gasteiger partial charge in [0.2, 0.25) is 0 Å². The summed E-state index contributed by atoms with van der Waals surface area (Å²) in [5.41, 5.74) is -1.07. The smallest absolute Gasteiger partial charge is 0.143 e. The van der Waals surface area contributed by atoms with E-state index in [4.69, 9.17) is 0 Å². The highest BCUT2D eigenvalue weighted by Gasteiger charge is 2.39. The van der Waals surface area contributed by atoms with Gasteiger partial charge in [-0.05, 0) is 47.4 Å². The molecule has 0 aromatic heterocycles. The summed E-state index contributed by atoms with van der Waals surface area (Å²) in [5.74, 6) is -1.19. The van der Waals surface area contributed by atoms with E-state index in [1.807, 2.05) is 6.92 Å². The van der Waals surface area contributed by atoms with Crippen molar-refractivity contribution in [1.82, 2.24) is 5.32 Å². The zero-order chi connectivity index (χ0) is 14.0. The largest absolute Gasteiger partial charge is 0.389 e. The molecule has 0 saturated carbocycles. The van der Waals surface area contributed by atoms with Crippen LogP contribution >= 0.6 is 15.9 Å². The number of hydrogen-bond donors (Lipinski definition) is 2. The van der Waals surface area contributed by atoms with Gasteiger partial charge in [0.15, 0.2) is 0 Å². The molecule has 0 spiro atoms. The van der Waals surface area contributed by atoms with E-state index in [-0.39, 0.29) is 22.4 Å². The maximum atomic E-state index is 14.0. The van der Waals surface area contributed by atoms with Crippen LogP contribution < -0.4 is 5.32 Å². The van der Waals surface area contributed by atoms with Crippen LogP contribution in [0.4, 0.5) is 8.78 Å². The van der Waals surface area contributed by atoms with Gasteiger partial charge in [-0.1, -0.05) is 6.92 Å². The summed E-state index contributed by atoms with van der Waals surface area (Å²) in [7, 11) is 0. The van der Waals surface area contributed by atoms with Crippen molar-refractivity contribution in [3.8, 4) is 0 Å². The van der Waals surface area contributed by atoms with E-state index in [1.54, 1.807) is 0 Å². The van der Waals surface area contributed by atoms with Crippen LogP contribution in [0.1, 0.15) is 25.3 Å². The second-order valence-electron chi connectivity index (χ2n) is 5.16. The van der Waals surface area contributed by atoms with E-state index >= 15 is 0 Å². The minimum absolute atomic E-state index is 0.0130. The van der Waals surface area contributed by atoms with Crippen molar-refractivity contribution in [1.29, 1.82) is 0 Å². The molecule has 1 aliphatic heterocycles. The van der Waals surface area contributed by atoms with Gasteiger partial charge < -0.3 is 10.4 Å². The Balaban J connectivity index is 2.31. The molecule has 1 saturated heterocycles. The SMILES string of the molecule is CCC1CNCCC1(O)Cc1c(F)ccc(Br)c1F. The van der Waals surface area contributed by atoms with Crippen molar-refractivity contribution in [3.63, 3.8) is 0 Å². The van der Waals surface area contributed by atoms with Crippen molar-refractivity contribution in [2.24, 2.45) is 5.92 Å². The Morgan fingerprint density at radius 2 is 2.21 bits per heavy atom. The number of hydrogen-bond acceptors (Lipinski definition) is 2. The van der Waals surface area contributed by atoms with Gasteiger partial charge in [-0.25, -0.2) is 8.78 Å². The number of nitrogens with one attached hydrogen (secondary N) is 1. The molecule has 19 heavy (non-hydrogen) atoms. The number of rotatable bonds is 3. The first-order valence-electron chi connectivity index (χ1n) is 6.53. The average Bonchev–Trinajstić information content (AvgIpc) is 2.40. The Morgan fingerprint density at radius 3 is 2.89 bits per heavy atom. The van der Waals surface area contributed by atoms with Crippen molar-refractivity contribution >= 4 is 15.9 Å². The molecule has 1 aliphatic rings. The quantitative estimate of drug-likeness (QED) is 0.833. The monoisotopic (exact) mass is 333 g/mol. The first-order valence-corrected chi connectivity index (χ1v) is 7.32. The van der Waals surface area contributed by atoms with Crippen LogP contribution in [-0.4, -0.2) is 23.8 Å². The molecule has 5 heteroatoms. The molecular formula is C14H18BrF2NO. The van der Waals surface area contributed by atoms with E-state index in [1.165, 1.54) is 12.1 Å². The van der Waals surface area contributed by atoms with Crippen LogP contribution in [0.15, 0.2) is 16.6 Å². The molecule has 2 N–H and O–H groups in total. The van der Waals surface area contributed by atoms with E-state index in [9.17, 15) is 13.9 Å². The fraction of sp³-hybridized carbons (Fsp3) is 0.571. The summed E-state index contributed by atoms with van der Waals surface area (Å²) in [4.78, 5) is 0. The van der Waals surface area contributed by atoms with Gasteiger partial charge in [0, 0.05) is 24.4 Å². The molecule has 1 fully saturated rings. The van der Waals surface area contributed by atoms with Crippen LogP contribution in [-0.2, 0) is 6.42 Å². The van der Waals surface area contributed by atoms with Gasteiger partial charge >= 0.3 is 0 Å². The van der Waals surface area contributed by atoms with E-state index < -0.39 is 17.2 Å². The summed E-state index contributed by atoms with van der Waals surface area (Å²) >= 11 is 3.06. The molecule has 2 unspecified atom stereocenters. The summed E-state index contributed by atoms with van der Waals surface area (Å²) in [6, 6.07) is 2.58. The summed E-state index contributed by atoms with van der Waals surface area (Å²) in [6.07, 6.45) is 1.31. The number of benzene rings is 1. The third-order valence-electron chi connectivity index (χ3n) is 4.00.